The molecular formula is C9H12O4. The normalized spacial score (nSPS) is 10.9. The zero-order chi connectivity index (χ0) is 10.6. The molecule has 4 nitrogen and oxygen atoms in total. The van der Waals surface area contributed by atoms with Crippen molar-refractivity contribution in [3.05, 3.63) is 0 Å². The van der Waals surface area contributed by atoms with Gasteiger partial charge in [0.05, 0.1) is 0 Å². The third-order valence-electron chi connectivity index (χ3n) is 2.13. The highest BCUT2D eigenvalue weighted by Crippen LogP contribution is 2.31. The average molecular weight is 184 g/mol. The summed E-state index contributed by atoms with van der Waals surface area (Å²) in [5, 5.41) is 17.6. The van der Waals surface area contributed by atoms with Crippen molar-refractivity contribution in [1.29, 1.82) is 0 Å². The van der Waals surface area contributed by atoms with E-state index in [1.54, 1.807) is 0 Å². The summed E-state index contributed by atoms with van der Waals surface area (Å²) >= 11 is 0. The van der Waals surface area contributed by atoms with Gasteiger partial charge >= 0.3 is 11.9 Å². The van der Waals surface area contributed by atoms with Crippen LogP contribution in [0.4, 0.5) is 0 Å². The number of hydrogen-bond acceptors (Lipinski definition) is 2. The Balaban J connectivity index is 5.20. The largest absolute Gasteiger partial charge is 0.480 e. The van der Waals surface area contributed by atoms with Gasteiger partial charge in [-0.2, -0.15) is 0 Å². The highest BCUT2D eigenvalue weighted by Gasteiger charge is 2.48. The first-order valence-electron chi connectivity index (χ1n) is 3.79. The van der Waals surface area contributed by atoms with Gasteiger partial charge in [0.25, 0.3) is 0 Å². The SMILES string of the molecule is C#CCC(C(=O)O)(C(=O)O)C(C)C. The Morgan fingerprint density at radius 2 is 1.77 bits per heavy atom. The first-order valence-corrected chi connectivity index (χ1v) is 3.79. The molecule has 0 heterocycles. The number of hydrogen-bond donors (Lipinski definition) is 2. The Labute approximate surface area is 76.6 Å². The number of carboxylic acid groups (broad SMARTS) is 2. The molecule has 2 N–H and O–H groups in total. The van der Waals surface area contributed by atoms with Crippen LogP contribution in [0, 0.1) is 23.7 Å². The van der Waals surface area contributed by atoms with Gasteiger partial charge in [0.2, 0.25) is 0 Å². The van der Waals surface area contributed by atoms with E-state index >= 15 is 0 Å². The van der Waals surface area contributed by atoms with E-state index in [1.807, 2.05) is 0 Å². The molecule has 4 heteroatoms. The highest BCUT2D eigenvalue weighted by molar-refractivity contribution is 5.98. The van der Waals surface area contributed by atoms with E-state index in [2.05, 4.69) is 5.92 Å². The van der Waals surface area contributed by atoms with Crippen LogP contribution in [0.3, 0.4) is 0 Å². The van der Waals surface area contributed by atoms with Gasteiger partial charge in [-0.25, -0.2) is 0 Å². The Morgan fingerprint density at radius 3 is 1.85 bits per heavy atom. The van der Waals surface area contributed by atoms with Crippen molar-refractivity contribution in [2.24, 2.45) is 11.3 Å². The molecular weight excluding hydrogens is 172 g/mol. The van der Waals surface area contributed by atoms with E-state index in [0.717, 1.165) is 0 Å². The molecule has 72 valence electrons. The highest BCUT2D eigenvalue weighted by atomic mass is 16.4. The molecule has 0 bridgehead atoms. The summed E-state index contributed by atoms with van der Waals surface area (Å²) < 4.78 is 0. The average Bonchev–Trinajstić information content (AvgIpc) is 1.97. The van der Waals surface area contributed by atoms with E-state index in [1.165, 1.54) is 13.8 Å². The lowest BCUT2D eigenvalue weighted by Gasteiger charge is -2.26. The molecule has 0 atom stereocenters. The van der Waals surface area contributed by atoms with Crippen LogP contribution in [0.15, 0.2) is 0 Å². The molecule has 0 aliphatic heterocycles. The number of rotatable bonds is 4. The molecule has 0 saturated heterocycles. The Morgan fingerprint density at radius 1 is 1.38 bits per heavy atom. The fourth-order valence-corrected chi connectivity index (χ4v) is 1.10. The van der Waals surface area contributed by atoms with Crippen LogP contribution in [-0.2, 0) is 9.59 Å². The molecule has 0 spiro atoms. The zero-order valence-electron chi connectivity index (χ0n) is 7.57. The second-order valence-electron chi connectivity index (χ2n) is 3.12. The quantitative estimate of drug-likeness (QED) is 0.501. The molecule has 0 amide bonds. The van der Waals surface area contributed by atoms with Crippen molar-refractivity contribution in [3.8, 4) is 12.3 Å². The summed E-state index contributed by atoms with van der Waals surface area (Å²) in [6, 6.07) is 0. The summed E-state index contributed by atoms with van der Waals surface area (Å²) in [7, 11) is 0. The topological polar surface area (TPSA) is 74.6 Å². The van der Waals surface area contributed by atoms with Gasteiger partial charge < -0.3 is 10.2 Å². The molecule has 0 radical (unpaired) electrons. The summed E-state index contributed by atoms with van der Waals surface area (Å²) in [4.78, 5) is 21.6. The van der Waals surface area contributed by atoms with Crippen molar-refractivity contribution in [3.63, 3.8) is 0 Å². The predicted octanol–water partition coefficient (Wildman–Crippen LogP) is 0.821. The second-order valence-corrected chi connectivity index (χ2v) is 3.12. The number of aliphatic carboxylic acids is 2. The van der Waals surface area contributed by atoms with Crippen LogP contribution in [0.2, 0.25) is 0 Å². The maximum atomic E-state index is 10.8. The van der Waals surface area contributed by atoms with Crippen LogP contribution < -0.4 is 0 Å². The van der Waals surface area contributed by atoms with Gasteiger partial charge in [-0.1, -0.05) is 13.8 Å². The minimum Gasteiger partial charge on any atom is -0.480 e. The van der Waals surface area contributed by atoms with Crippen molar-refractivity contribution < 1.29 is 19.8 Å². The fraction of sp³-hybridized carbons (Fsp3) is 0.556. The van der Waals surface area contributed by atoms with E-state index < -0.39 is 23.3 Å². The summed E-state index contributed by atoms with van der Waals surface area (Å²) in [5.41, 5.74) is -1.85. The van der Waals surface area contributed by atoms with Gasteiger partial charge in [0, 0.05) is 6.42 Å². The monoisotopic (exact) mass is 184 g/mol. The smallest absolute Gasteiger partial charge is 0.322 e. The van der Waals surface area contributed by atoms with Crippen molar-refractivity contribution in [1.82, 2.24) is 0 Å². The second kappa shape index (κ2) is 3.94. The predicted molar refractivity (Wildman–Crippen MR) is 46.0 cm³/mol. The summed E-state index contributed by atoms with van der Waals surface area (Å²) in [6.45, 7) is 3.05. The lowest BCUT2D eigenvalue weighted by atomic mass is 9.75. The van der Waals surface area contributed by atoms with Crippen LogP contribution in [0.5, 0.6) is 0 Å². The van der Waals surface area contributed by atoms with Gasteiger partial charge in [-0.05, 0) is 5.92 Å². The standard InChI is InChI=1S/C9H12O4/c1-4-5-9(6(2)3,7(10)11)8(12)13/h1,6H,5H2,2-3H3,(H,10,11)(H,12,13). The lowest BCUT2D eigenvalue weighted by Crippen LogP contribution is -2.43. The molecule has 0 aromatic carbocycles. The van der Waals surface area contributed by atoms with E-state index in [0.29, 0.717) is 0 Å². The molecule has 0 aliphatic carbocycles. The third-order valence-corrected chi connectivity index (χ3v) is 2.13. The molecule has 0 fully saturated rings. The first-order chi connectivity index (χ1) is 5.89. The molecule has 0 aliphatic rings. The molecule has 0 unspecified atom stereocenters. The first kappa shape index (κ1) is 11.5. The van der Waals surface area contributed by atoms with E-state index in [9.17, 15) is 9.59 Å². The van der Waals surface area contributed by atoms with Crippen LogP contribution in [0.25, 0.3) is 0 Å². The number of carboxylic acids is 2. The molecule has 0 aromatic heterocycles. The summed E-state index contributed by atoms with van der Waals surface area (Å²) in [5.74, 6) is -1.22. The maximum absolute atomic E-state index is 10.8. The number of carbonyl (C=O) groups is 2. The third kappa shape index (κ3) is 1.81. The van der Waals surface area contributed by atoms with Crippen molar-refractivity contribution >= 4 is 11.9 Å². The summed E-state index contributed by atoms with van der Waals surface area (Å²) in [6.07, 6.45) is 4.66. The Hall–Kier alpha value is -1.50. The van der Waals surface area contributed by atoms with Crippen molar-refractivity contribution in [2.75, 3.05) is 0 Å². The molecule has 0 aromatic rings. The Bertz CT molecular complexity index is 245. The lowest BCUT2D eigenvalue weighted by molar-refractivity contribution is -0.167. The van der Waals surface area contributed by atoms with Gasteiger partial charge in [0.15, 0.2) is 5.41 Å². The van der Waals surface area contributed by atoms with Gasteiger partial charge in [-0.3, -0.25) is 9.59 Å². The molecule has 0 saturated carbocycles. The van der Waals surface area contributed by atoms with Gasteiger partial charge in [0.1, 0.15) is 0 Å². The van der Waals surface area contributed by atoms with Gasteiger partial charge in [-0.15, -0.1) is 12.3 Å². The minimum atomic E-state index is -1.85. The minimum absolute atomic E-state index is 0.296. The fourth-order valence-electron chi connectivity index (χ4n) is 1.10. The molecule has 13 heavy (non-hydrogen) atoms. The van der Waals surface area contributed by atoms with Crippen molar-refractivity contribution in [2.45, 2.75) is 20.3 Å². The van der Waals surface area contributed by atoms with Crippen LogP contribution >= 0.6 is 0 Å². The van der Waals surface area contributed by atoms with E-state index in [-0.39, 0.29) is 6.42 Å². The van der Waals surface area contributed by atoms with Crippen LogP contribution in [0.1, 0.15) is 20.3 Å². The maximum Gasteiger partial charge on any atom is 0.322 e. The van der Waals surface area contributed by atoms with Crippen LogP contribution in [-0.4, -0.2) is 22.2 Å². The number of terminal acetylenes is 1. The van der Waals surface area contributed by atoms with E-state index in [4.69, 9.17) is 16.6 Å². The zero-order valence-corrected chi connectivity index (χ0v) is 7.57. The Kier molecular flexibility index (Phi) is 3.49. The molecule has 0 rings (SSSR count).